The molecule has 67 heavy (non-hydrogen) atoms. The van der Waals surface area contributed by atoms with Crippen molar-refractivity contribution in [3.63, 3.8) is 0 Å². The minimum absolute atomic E-state index is 0.240. The number of anilines is 3. The second kappa shape index (κ2) is 27.6. The fraction of sp³-hybridized carbons (Fsp3) is 0.738. The van der Waals surface area contributed by atoms with Gasteiger partial charge in [0.1, 0.15) is 6.61 Å². The summed E-state index contributed by atoms with van der Waals surface area (Å²) < 4.78 is 19.3. The molecule has 6 atom stereocenters. The molecule has 0 aromatic carbocycles. The molecule has 3 aromatic rings. The molecule has 2 amide bonds. The summed E-state index contributed by atoms with van der Waals surface area (Å²) in [5.74, 6) is 2.98. The Labute approximate surface area is 392 Å². The van der Waals surface area contributed by atoms with Gasteiger partial charge in [-0.1, -0.05) is 29.2 Å². The molecule has 11 N–H and O–H groups in total. The number of nitrogens with one attached hydrogen (secondary N) is 1. The summed E-state index contributed by atoms with van der Waals surface area (Å²) in [5.41, 5.74) is 25.0. The predicted octanol–water partition coefficient (Wildman–Crippen LogP) is -2.05. The van der Waals surface area contributed by atoms with Crippen LogP contribution in [0.15, 0.2) is 12.4 Å². The van der Waals surface area contributed by atoms with Crippen molar-refractivity contribution in [2.45, 2.75) is 88.7 Å². The molecule has 0 radical (unpaired) electrons. The molecule has 3 aromatic heterocycles. The van der Waals surface area contributed by atoms with E-state index in [1.807, 2.05) is 9.80 Å². The van der Waals surface area contributed by atoms with Gasteiger partial charge in [-0.2, -0.15) is 15.0 Å². The van der Waals surface area contributed by atoms with Crippen LogP contribution in [0.2, 0.25) is 0 Å². The Morgan fingerprint density at radius 2 is 1.12 bits per heavy atom. The lowest BCUT2D eigenvalue weighted by Crippen LogP contribution is -2.53. The van der Waals surface area contributed by atoms with Gasteiger partial charge in [0, 0.05) is 58.9 Å². The van der Waals surface area contributed by atoms with Crippen molar-refractivity contribution < 1.29 is 34.0 Å². The molecule has 0 aliphatic carbocycles. The van der Waals surface area contributed by atoms with E-state index in [1.54, 1.807) is 36.0 Å². The van der Waals surface area contributed by atoms with Gasteiger partial charge in [-0.3, -0.25) is 9.59 Å². The Balaban J connectivity index is 1.23. The van der Waals surface area contributed by atoms with Crippen LogP contribution in [0.25, 0.3) is 0 Å². The number of carbonyl (C=O) groups is 2. The maximum absolute atomic E-state index is 13.9. The first kappa shape index (κ1) is 52.8. The third-order valence-corrected chi connectivity index (χ3v) is 11.6. The molecule has 2 saturated heterocycles. The number of rotatable bonds is 29. The largest absolute Gasteiger partial charge is 0.391 e. The van der Waals surface area contributed by atoms with Crippen molar-refractivity contribution in [1.29, 1.82) is 0 Å². The van der Waals surface area contributed by atoms with Crippen LogP contribution in [-0.2, 0) is 23.8 Å². The van der Waals surface area contributed by atoms with Gasteiger partial charge >= 0.3 is 0 Å². The first-order chi connectivity index (χ1) is 32.4. The molecule has 0 saturated carbocycles. The van der Waals surface area contributed by atoms with E-state index >= 15 is 0 Å². The van der Waals surface area contributed by atoms with Crippen LogP contribution < -0.4 is 38.1 Å². The van der Waals surface area contributed by atoms with E-state index in [1.165, 1.54) is 9.36 Å². The summed E-state index contributed by atoms with van der Waals surface area (Å²) in [6.45, 7) is 9.76. The lowest BCUT2D eigenvalue weighted by molar-refractivity contribution is -0.139. The summed E-state index contributed by atoms with van der Waals surface area (Å²) in [6, 6.07) is -2.71. The van der Waals surface area contributed by atoms with E-state index in [4.69, 9.17) is 58.5 Å². The van der Waals surface area contributed by atoms with Crippen molar-refractivity contribution in [2.75, 3.05) is 127 Å². The Morgan fingerprint density at radius 3 is 1.54 bits per heavy atom. The third kappa shape index (κ3) is 15.7. The van der Waals surface area contributed by atoms with Gasteiger partial charge in [-0.25, -0.2) is 9.36 Å². The van der Waals surface area contributed by atoms with Crippen LogP contribution in [0.5, 0.6) is 0 Å². The number of ether oxygens (including phenoxy) is 3. The highest BCUT2D eigenvalue weighted by Crippen LogP contribution is 2.25. The van der Waals surface area contributed by atoms with Gasteiger partial charge in [0.2, 0.25) is 29.7 Å². The summed E-state index contributed by atoms with van der Waals surface area (Å²) >= 11 is 0. The maximum Gasteiger partial charge on any atom is 0.250 e. The molecule has 25 heteroatoms. The van der Waals surface area contributed by atoms with E-state index in [0.717, 1.165) is 25.7 Å². The van der Waals surface area contributed by atoms with Gasteiger partial charge in [0.05, 0.1) is 81.1 Å². The van der Waals surface area contributed by atoms with E-state index in [0.29, 0.717) is 147 Å². The van der Waals surface area contributed by atoms with Crippen molar-refractivity contribution in [1.82, 2.24) is 54.7 Å². The number of carbonyl (C=O) groups excluding carboxylic acids is 2. The fourth-order valence-electron chi connectivity index (χ4n) is 7.74. The smallest absolute Gasteiger partial charge is 0.250 e. The highest BCUT2D eigenvalue weighted by molar-refractivity contribution is 5.82. The first-order valence-electron chi connectivity index (χ1n) is 23.3. The van der Waals surface area contributed by atoms with E-state index in [9.17, 15) is 19.8 Å². The molecule has 25 nitrogen and oxygen atoms in total. The number of aliphatic hydroxyl groups excluding tert-OH is 2. The maximum atomic E-state index is 13.9. The normalized spacial score (nSPS) is 17.2. The van der Waals surface area contributed by atoms with Crippen LogP contribution in [0.4, 0.5) is 17.8 Å². The van der Waals surface area contributed by atoms with Crippen molar-refractivity contribution in [2.24, 2.45) is 22.9 Å². The van der Waals surface area contributed by atoms with Crippen LogP contribution in [0.3, 0.4) is 0 Å². The lowest BCUT2D eigenvalue weighted by Gasteiger charge is -2.38. The molecular formula is C42H72N18O7. The standard InChI is InChI=1S/C42H72N18O7/c1-4-22-65-24-26-67-27-25-66-23-13-47-40-48-41(57-18-14-55(15-19-57)38(63)36(30(2)61)59-28-34(51-53-59)32(45)9-5-7-11-43)50-42(49-40)58-20-16-56(17-21-58)39(64)37(31(3)62)60-29-35(52-54-60)33(46)10-6-8-12-44/h1,28-33,36-37,61-62H,5-27,43-46H2,2-3H3,(H,47,48,49,50)/t30-,31-,32+,33+,36?,37?/m1/s1. The minimum Gasteiger partial charge on any atom is -0.391 e. The number of hydrogen-bond acceptors (Lipinski definition) is 21. The Kier molecular flexibility index (Phi) is 21.7. The quantitative estimate of drug-likeness (QED) is 0.0291. The number of amides is 2. The van der Waals surface area contributed by atoms with Crippen LogP contribution >= 0.6 is 0 Å². The molecule has 2 fully saturated rings. The number of unbranched alkanes of at least 4 members (excludes halogenated alkanes) is 2. The third-order valence-electron chi connectivity index (χ3n) is 11.6. The number of terminal acetylenes is 1. The lowest BCUT2D eigenvalue weighted by atomic mass is 10.1. The van der Waals surface area contributed by atoms with Gasteiger partial charge in [-0.05, 0) is 52.6 Å². The Hall–Kier alpha value is -5.17. The zero-order valence-electron chi connectivity index (χ0n) is 39.0. The van der Waals surface area contributed by atoms with Crippen molar-refractivity contribution in [3.8, 4) is 12.3 Å². The molecule has 372 valence electrons. The molecule has 2 aliphatic rings. The number of aliphatic hydroxyl groups is 2. The van der Waals surface area contributed by atoms with E-state index in [-0.39, 0.29) is 30.5 Å². The molecule has 2 aliphatic heterocycles. The average Bonchev–Trinajstić information content (AvgIpc) is 4.02. The summed E-state index contributed by atoms with van der Waals surface area (Å²) in [4.78, 5) is 49.7. The topological polar surface area (TPSA) is 331 Å². The van der Waals surface area contributed by atoms with Crippen molar-refractivity contribution >= 4 is 29.7 Å². The zero-order chi connectivity index (χ0) is 48.1. The Bertz CT molecular complexity index is 1850. The first-order valence-corrected chi connectivity index (χ1v) is 23.3. The fourth-order valence-corrected chi connectivity index (χ4v) is 7.74. The molecule has 5 heterocycles. The van der Waals surface area contributed by atoms with Crippen LogP contribution in [-0.4, -0.2) is 201 Å². The number of nitrogens with two attached hydrogens (primary N) is 4. The van der Waals surface area contributed by atoms with Crippen LogP contribution in [0.1, 0.15) is 87.9 Å². The SMILES string of the molecule is C#CCOCCOCCOCCNc1nc(N2CCN(C(=O)C([C@@H](C)O)n3cc([C@@H](N)CCCCN)nn3)CC2)nc(N2CCN(C(=O)C([C@@H](C)O)n3cc([C@@H](N)CCCCN)nn3)CC2)n1. The monoisotopic (exact) mass is 941 g/mol. The number of nitrogens with zero attached hydrogens (tertiary/aromatic N) is 13. The van der Waals surface area contributed by atoms with E-state index < -0.39 is 24.3 Å². The second-order valence-corrected chi connectivity index (χ2v) is 16.7. The minimum atomic E-state index is -1.05. The highest BCUT2D eigenvalue weighted by Gasteiger charge is 2.36. The van der Waals surface area contributed by atoms with E-state index in [2.05, 4.69) is 31.9 Å². The van der Waals surface area contributed by atoms with Gasteiger partial charge in [0.15, 0.2) is 12.1 Å². The summed E-state index contributed by atoms with van der Waals surface area (Å²) in [5, 5.41) is 41.6. The van der Waals surface area contributed by atoms with Crippen molar-refractivity contribution in [3.05, 3.63) is 23.8 Å². The second-order valence-electron chi connectivity index (χ2n) is 16.7. The highest BCUT2D eigenvalue weighted by atomic mass is 16.5. The van der Waals surface area contributed by atoms with Gasteiger partial charge < -0.3 is 72.3 Å². The number of hydrogen-bond donors (Lipinski definition) is 7. The van der Waals surface area contributed by atoms with Crippen LogP contribution in [0, 0.1) is 12.3 Å². The van der Waals surface area contributed by atoms with Gasteiger partial charge in [0.25, 0.3) is 0 Å². The zero-order valence-corrected chi connectivity index (χ0v) is 39.0. The van der Waals surface area contributed by atoms with Gasteiger partial charge in [-0.15, -0.1) is 16.6 Å². The molecule has 0 spiro atoms. The number of piperazine rings is 2. The molecular weight excluding hydrogens is 869 g/mol. The molecule has 5 rings (SSSR count). The number of aromatic nitrogens is 9. The predicted molar refractivity (Wildman–Crippen MR) is 248 cm³/mol. The molecule has 0 bridgehead atoms. The summed E-state index contributed by atoms with van der Waals surface area (Å²) in [7, 11) is 0. The summed E-state index contributed by atoms with van der Waals surface area (Å²) in [6.07, 6.45) is 11.1. The average molecular weight is 941 g/mol. The Morgan fingerprint density at radius 1 is 0.687 bits per heavy atom. The molecule has 2 unspecified atom stereocenters.